The molecule has 0 spiro atoms. The molecule has 1 amide bonds. The highest BCUT2D eigenvalue weighted by atomic mass is 19.4. The second-order valence-electron chi connectivity index (χ2n) is 8.37. The summed E-state index contributed by atoms with van der Waals surface area (Å²) in [5.74, 6) is -1.82. The summed E-state index contributed by atoms with van der Waals surface area (Å²) in [5, 5.41) is 12.1. The molecule has 3 aliphatic heterocycles. The molecule has 166 valence electrons. The molecule has 0 saturated carbocycles. The number of rotatable bonds is 5. The van der Waals surface area contributed by atoms with Crippen LogP contribution in [0.15, 0.2) is 23.0 Å². The quantitative estimate of drug-likeness (QED) is 0.727. The third-order valence-electron chi connectivity index (χ3n) is 6.62. The van der Waals surface area contributed by atoms with Gasteiger partial charge in [-0.3, -0.25) is 14.5 Å². The van der Waals surface area contributed by atoms with Crippen LogP contribution in [0.25, 0.3) is 0 Å². The molecule has 2 fully saturated rings. The molecule has 10 heteroatoms. The standard InChI is InChI=1S/C20H26F3N3O4/c21-20(22,23)11-24-19(29)17-13(10-27)15-9-25-14(2-1-3-16(25)28)18(17)26(15)8-12-4-6-30-7-5-12/h1-3,12-13,15,17-18,27H,4-11H2,(H,24,29)/t13-,15-,17+,18+/m0/s1. The normalized spacial score (nSPS) is 29.6. The van der Waals surface area contributed by atoms with E-state index in [9.17, 15) is 27.9 Å². The molecule has 3 aliphatic rings. The lowest BCUT2D eigenvalue weighted by Gasteiger charge is -2.40. The Morgan fingerprint density at radius 1 is 1.27 bits per heavy atom. The van der Waals surface area contributed by atoms with Crippen LogP contribution in [0.3, 0.4) is 0 Å². The third kappa shape index (κ3) is 4.00. The van der Waals surface area contributed by atoms with Gasteiger partial charge in [-0.25, -0.2) is 0 Å². The lowest BCUT2D eigenvalue weighted by Crippen LogP contribution is -2.48. The molecule has 1 aromatic heterocycles. The van der Waals surface area contributed by atoms with E-state index in [1.165, 1.54) is 6.07 Å². The maximum absolute atomic E-state index is 12.9. The van der Waals surface area contributed by atoms with Crippen molar-refractivity contribution in [3.8, 4) is 0 Å². The first-order valence-electron chi connectivity index (χ1n) is 10.3. The number of carbonyl (C=O) groups is 1. The van der Waals surface area contributed by atoms with Gasteiger partial charge in [0.1, 0.15) is 6.54 Å². The fourth-order valence-electron chi connectivity index (χ4n) is 5.26. The number of aliphatic hydroxyl groups is 1. The summed E-state index contributed by atoms with van der Waals surface area (Å²) in [4.78, 5) is 27.4. The van der Waals surface area contributed by atoms with Crippen molar-refractivity contribution in [1.29, 1.82) is 0 Å². The molecule has 0 unspecified atom stereocenters. The van der Waals surface area contributed by atoms with E-state index in [2.05, 4.69) is 4.90 Å². The highest BCUT2D eigenvalue weighted by Gasteiger charge is 2.56. The molecule has 4 heterocycles. The van der Waals surface area contributed by atoms with E-state index in [1.807, 2.05) is 5.32 Å². The second kappa shape index (κ2) is 8.32. The largest absolute Gasteiger partial charge is 0.405 e. The molecule has 0 radical (unpaired) electrons. The molecule has 1 aromatic rings. The second-order valence-corrected chi connectivity index (χ2v) is 8.37. The minimum Gasteiger partial charge on any atom is -0.396 e. The molecule has 4 rings (SSSR count). The number of nitrogens with one attached hydrogen (secondary N) is 1. The Labute approximate surface area is 171 Å². The minimum absolute atomic E-state index is 0.207. The van der Waals surface area contributed by atoms with Gasteiger partial charge < -0.3 is 19.7 Å². The van der Waals surface area contributed by atoms with E-state index in [1.54, 1.807) is 16.7 Å². The van der Waals surface area contributed by atoms with Crippen molar-refractivity contribution in [2.45, 2.75) is 37.6 Å². The van der Waals surface area contributed by atoms with E-state index in [0.29, 0.717) is 37.9 Å². The molecular formula is C20H26F3N3O4. The number of amides is 1. The third-order valence-corrected chi connectivity index (χ3v) is 6.62. The molecule has 4 atom stereocenters. The van der Waals surface area contributed by atoms with Gasteiger partial charge in [-0.2, -0.15) is 13.2 Å². The summed E-state index contributed by atoms with van der Waals surface area (Å²) in [5.41, 5.74) is 0.412. The Bertz CT molecular complexity index is 837. The number of hydrogen-bond donors (Lipinski definition) is 2. The average molecular weight is 429 g/mol. The zero-order valence-corrected chi connectivity index (χ0v) is 16.5. The number of aliphatic hydroxyl groups excluding tert-OH is 1. The van der Waals surface area contributed by atoms with E-state index >= 15 is 0 Å². The van der Waals surface area contributed by atoms with Crippen molar-refractivity contribution >= 4 is 5.91 Å². The first-order valence-corrected chi connectivity index (χ1v) is 10.3. The lowest BCUT2D eigenvalue weighted by atomic mass is 9.86. The molecule has 30 heavy (non-hydrogen) atoms. The lowest BCUT2D eigenvalue weighted by molar-refractivity contribution is -0.142. The van der Waals surface area contributed by atoms with Gasteiger partial charge in [0.25, 0.3) is 5.56 Å². The van der Waals surface area contributed by atoms with Crippen LogP contribution in [0.2, 0.25) is 0 Å². The molecule has 0 aliphatic carbocycles. The average Bonchev–Trinajstić information content (AvgIpc) is 2.91. The molecule has 2 bridgehead atoms. The summed E-state index contributed by atoms with van der Waals surface area (Å²) in [7, 11) is 0. The number of pyridine rings is 1. The van der Waals surface area contributed by atoms with Gasteiger partial charge in [0.2, 0.25) is 5.91 Å². The van der Waals surface area contributed by atoms with Gasteiger partial charge in [0.15, 0.2) is 0 Å². The van der Waals surface area contributed by atoms with Crippen LogP contribution in [0.5, 0.6) is 0 Å². The summed E-state index contributed by atoms with van der Waals surface area (Å²) < 4.78 is 45.1. The zero-order valence-electron chi connectivity index (χ0n) is 16.5. The van der Waals surface area contributed by atoms with Gasteiger partial charge in [-0.05, 0) is 24.8 Å². The van der Waals surface area contributed by atoms with Crippen LogP contribution in [0.4, 0.5) is 13.2 Å². The number of ether oxygens (including phenoxy) is 1. The predicted octanol–water partition coefficient (Wildman–Crippen LogP) is 0.917. The minimum atomic E-state index is -4.52. The number of nitrogens with zero attached hydrogens (tertiary/aromatic N) is 2. The summed E-state index contributed by atoms with van der Waals surface area (Å²) in [6.45, 7) is 0.521. The highest BCUT2D eigenvalue weighted by Crippen LogP contribution is 2.48. The number of fused-ring (bicyclic) bond motifs is 4. The number of hydrogen-bond acceptors (Lipinski definition) is 5. The van der Waals surface area contributed by atoms with Gasteiger partial charge in [0, 0.05) is 56.6 Å². The van der Waals surface area contributed by atoms with Gasteiger partial charge in [-0.15, -0.1) is 0 Å². The summed E-state index contributed by atoms with van der Waals surface area (Å²) in [6, 6.07) is 3.95. The number of halogens is 3. The molecular weight excluding hydrogens is 403 g/mol. The summed E-state index contributed by atoms with van der Waals surface area (Å²) >= 11 is 0. The Morgan fingerprint density at radius 2 is 2.00 bits per heavy atom. The topological polar surface area (TPSA) is 83.8 Å². The van der Waals surface area contributed by atoms with Crippen molar-refractivity contribution in [2.24, 2.45) is 17.8 Å². The van der Waals surface area contributed by atoms with Crippen LogP contribution in [0, 0.1) is 17.8 Å². The van der Waals surface area contributed by atoms with E-state index in [-0.39, 0.29) is 18.2 Å². The number of aromatic nitrogens is 1. The van der Waals surface area contributed by atoms with Gasteiger partial charge in [0.05, 0.1) is 12.0 Å². The Kier molecular flexibility index (Phi) is 5.91. The van der Waals surface area contributed by atoms with Crippen LogP contribution in [-0.4, -0.2) is 65.6 Å². The smallest absolute Gasteiger partial charge is 0.396 e. The fourth-order valence-corrected chi connectivity index (χ4v) is 5.26. The Morgan fingerprint density at radius 3 is 2.67 bits per heavy atom. The van der Waals surface area contributed by atoms with Gasteiger partial charge in [-0.1, -0.05) is 6.07 Å². The maximum Gasteiger partial charge on any atom is 0.405 e. The SMILES string of the molecule is O=C(NCC(F)(F)F)[C@@H]1[C@@H](CO)[C@@H]2Cn3c(cccc3=O)[C@H]1N2CC1CCOCC1. The summed E-state index contributed by atoms with van der Waals surface area (Å²) in [6.07, 6.45) is -2.78. The van der Waals surface area contributed by atoms with Crippen molar-refractivity contribution in [3.05, 3.63) is 34.2 Å². The Balaban J connectivity index is 1.68. The van der Waals surface area contributed by atoms with Crippen LogP contribution >= 0.6 is 0 Å². The molecule has 0 aromatic carbocycles. The first-order chi connectivity index (χ1) is 14.3. The van der Waals surface area contributed by atoms with Crippen molar-refractivity contribution in [1.82, 2.24) is 14.8 Å². The number of alkyl halides is 3. The van der Waals surface area contributed by atoms with Crippen LogP contribution < -0.4 is 10.9 Å². The van der Waals surface area contributed by atoms with Crippen LogP contribution in [-0.2, 0) is 16.1 Å². The molecule has 2 saturated heterocycles. The maximum atomic E-state index is 12.9. The highest BCUT2D eigenvalue weighted by molar-refractivity contribution is 5.80. The van der Waals surface area contributed by atoms with E-state index in [4.69, 9.17) is 4.74 Å². The van der Waals surface area contributed by atoms with Crippen molar-refractivity contribution in [3.63, 3.8) is 0 Å². The Hall–Kier alpha value is -1.91. The van der Waals surface area contributed by atoms with E-state index < -0.39 is 36.5 Å². The van der Waals surface area contributed by atoms with E-state index in [0.717, 1.165) is 12.8 Å². The van der Waals surface area contributed by atoms with Crippen molar-refractivity contribution < 1.29 is 27.8 Å². The zero-order chi connectivity index (χ0) is 21.5. The van der Waals surface area contributed by atoms with Crippen molar-refractivity contribution in [2.75, 3.05) is 32.9 Å². The first kappa shape index (κ1) is 21.3. The van der Waals surface area contributed by atoms with Crippen LogP contribution in [0.1, 0.15) is 24.6 Å². The fraction of sp³-hybridized carbons (Fsp3) is 0.700. The van der Waals surface area contributed by atoms with Gasteiger partial charge >= 0.3 is 6.18 Å². The number of carbonyl (C=O) groups excluding carboxylic acids is 1. The molecule has 7 nitrogen and oxygen atoms in total. The molecule has 2 N–H and O–H groups in total. The monoisotopic (exact) mass is 429 g/mol. The predicted molar refractivity (Wildman–Crippen MR) is 101 cm³/mol.